The van der Waals surface area contributed by atoms with Crippen LogP contribution in [0.25, 0.3) is 11.4 Å². The van der Waals surface area contributed by atoms with Gasteiger partial charge in [0, 0.05) is 12.6 Å². The second-order valence-corrected chi connectivity index (χ2v) is 4.16. The number of benzene rings is 1. The van der Waals surface area contributed by atoms with Gasteiger partial charge in [-0.25, -0.2) is 4.39 Å². The Labute approximate surface area is 101 Å². The molecule has 0 spiro atoms. The van der Waals surface area contributed by atoms with Gasteiger partial charge in [0.25, 0.3) is 0 Å². The number of rotatable bonds is 2. The summed E-state index contributed by atoms with van der Waals surface area (Å²) < 4.78 is 15.0. The number of aryl methyl sites for hydroxylation is 1. The third-order valence-electron chi connectivity index (χ3n) is 2.50. The lowest BCUT2D eigenvalue weighted by Crippen LogP contribution is -1.97. The Morgan fingerprint density at radius 3 is 2.69 bits per heavy atom. The lowest BCUT2D eigenvalue weighted by atomic mass is 10.1. The Bertz CT molecular complexity index is 522. The zero-order chi connectivity index (χ0) is 11.7. The summed E-state index contributed by atoms with van der Waals surface area (Å²) in [5.41, 5.74) is 1.49. The predicted molar refractivity (Wildman–Crippen MR) is 63.8 cm³/mol. The molecule has 2 rings (SSSR count). The molecule has 16 heavy (non-hydrogen) atoms. The molecule has 0 aliphatic heterocycles. The molecule has 1 aromatic carbocycles. The molecule has 0 unspecified atom stereocenters. The van der Waals surface area contributed by atoms with Crippen LogP contribution in [0.1, 0.15) is 11.4 Å². The highest BCUT2D eigenvalue weighted by Crippen LogP contribution is 2.20. The van der Waals surface area contributed by atoms with Crippen molar-refractivity contribution in [3.63, 3.8) is 0 Å². The first-order valence-electron chi connectivity index (χ1n) is 4.84. The molecule has 0 bridgehead atoms. The van der Waals surface area contributed by atoms with E-state index in [2.05, 4.69) is 26.1 Å². The standard InChI is InChI=1S/C11H11BrFN3/c1-7-5-8(3-4-9(7)13)11-15-14-10(6-12)16(11)2/h3-5H,6H2,1-2H3. The number of alkyl halides is 1. The van der Waals surface area contributed by atoms with Crippen molar-refractivity contribution in [3.05, 3.63) is 35.4 Å². The van der Waals surface area contributed by atoms with Crippen molar-refractivity contribution in [3.8, 4) is 11.4 Å². The van der Waals surface area contributed by atoms with Crippen molar-refractivity contribution >= 4 is 15.9 Å². The van der Waals surface area contributed by atoms with Gasteiger partial charge in [0.15, 0.2) is 5.82 Å². The topological polar surface area (TPSA) is 30.7 Å². The lowest BCUT2D eigenvalue weighted by Gasteiger charge is -2.03. The largest absolute Gasteiger partial charge is 0.313 e. The molecule has 0 saturated carbocycles. The van der Waals surface area contributed by atoms with Gasteiger partial charge in [0.05, 0.1) is 5.33 Å². The van der Waals surface area contributed by atoms with E-state index >= 15 is 0 Å². The average molecular weight is 284 g/mol. The monoisotopic (exact) mass is 283 g/mol. The Kier molecular flexibility index (Phi) is 3.05. The lowest BCUT2D eigenvalue weighted by molar-refractivity contribution is 0.618. The Balaban J connectivity index is 2.50. The van der Waals surface area contributed by atoms with E-state index in [-0.39, 0.29) is 5.82 Å². The minimum Gasteiger partial charge on any atom is -0.313 e. The first-order chi connectivity index (χ1) is 7.63. The molecule has 0 radical (unpaired) electrons. The van der Waals surface area contributed by atoms with Gasteiger partial charge < -0.3 is 4.57 Å². The quantitative estimate of drug-likeness (QED) is 0.794. The second-order valence-electron chi connectivity index (χ2n) is 3.60. The fourth-order valence-corrected chi connectivity index (χ4v) is 2.00. The van der Waals surface area contributed by atoms with E-state index in [0.717, 1.165) is 17.2 Å². The second kappa shape index (κ2) is 4.33. The van der Waals surface area contributed by atoms with Crippen molar-refractivity contribution < 1.29 is 4.39 Å². The molecule has 3 nitrogen and oxygen atoms in total. The van der Waals surface area contributed by atoms with Crippen LogP contribution in [0.15, 0.2) is 18.2 Å². The summed E-state index contributed by atoms with van der Waals surface area (Å²) in [4.78, 5) is 0. The summed E-state index contributed by atoms with van der Waals surface area (Å²) in [5, 5.41) is 8.77. The molecular formula is C11H11BrFN3. The summed E-state index contributed by atoms with van der Waals surface area (Å²) in [5.74, 6) is 1.39. The van der Waals surface area contributed by atoms with E-state index in [0.29, 0.717) is 10.9 Å². The molecule has 0 saturated heterocycles. The summed E-state index contributed by atoms with van der Waals surface area (Å²) in [6.45, 7) is 1.74. The minimum absolute atomic E-state index is 0.202. The smallest absolute Gasteiger partial charge is 0.163 e. The first kappa shape index (κ1) is 11.3. The molecule has 0 amide bonds. The molecule has 0 aliphatic rings. The molecule has 2 aromatic rings. The molecule has 84 valence electrons. The third-order valence-corrected chi connectivity index (χ3v) is 3.00. The van der Waals surface area contributed by atoms with Gasteiger partial charge in [-0.1, -0.05) is 15.9 Å². The molecule has 0 fully saturated rings. The van der Waals surface area contributed by atoms with E-state index in [1.165, 1.54) is 6.07 Å². The van der Waals surface area contributed by atoms with Gasteiger partial charge in [-0.3, -0.25) is 0 Å². The predicted octanol–water partition coefficient (Wildman–Crippen LogP) is 2.82. The van der Waals surface area contributed by atoms with E-state index in [1.807, 2.05) is 11.6 Å². The number of hydrogen-bond donors (Lipinski definition) is 0. The maximum Gasteiger partial charge on any atom is 0.163 e. The summed E-state index contributed by atoms with van der Waals surface area (Å²) >= 11 is 3.34. The van der Waals surface area contributed by atoms with Gasteiger partial charge in [0.1, 0.15) is 11.6 Å². The van der Waals surface area contributed by atoms with Gasteiger partial charge in [-0.15, -0.1) is 10.2 Å². The van der Waals surface area contributed by atoms with E-state index in [9.17, 15) is 4.39 Å². The van der Waals surface area contributed by atoms with Crippen LogP contribution in [0.3, 0.4) is 0 Å². The summed E-state index contributed by atoms with van der Waals surface area (Å²) in [7, 11) is 1.89. The molecule has 1 aromatic heterocycles. The maximum absolute atomic E-state index is 13.1. The average Bonchev–Trinajstić information content (AvgIpc) is 2.64. The van der Waals surface area contributed by atoms with Crippen molar-refractivity contribution in [2.45, 2.75) is 12.3 Å². The van der Waals surface area contributed by atoms with Crippen LogP contribution in [0.4, 0.5) is 4.39 Å². The van der Waals surface area contributed by atoms with Crippen LogP contribution in [0.5, 0.6) is 0 Å². The first-order valence-corrected chi connectivity index (χ1v) is 5.96. The normalized spacial score (nSPS) is 10.8. The summed E-state index contributed by atoms with van der Waals surface area (Å²) in [6.07, 6.45) is 0. The van der Waals surface area contributed by atoms with Crippen LogP contribution >= 0.6 is 15.9 Å². The zero-order valence-electron chi connectivity index (χ0n) is 9.04. The Hall–Kier alpha value is -1.23. The highest BCUT2D eigenvalue weighted by Gasteiger charge is 2.10. The van der Waals surface area contributed by atoms with E-state index in [1.54, 1.807) is 19.1 Å². The molecule has 0 N–H and O–H groups in total. The highest BCUT2D eigenvalue weighted by atomic mass is 79.9. The van der Waals surface area contributed by atoms with E-state index in [4.69, 9.17) is 0 Å². The van der Waals surface area contributed by atoms with Gasteiger partial charge in [-0.2, -0.15) is 0 Å². The van der Waals surface area contributed by atoms with Crippen LogP contribution in [0, 0.1) is 12.7 Å². The van der Waals surface area contributed by atoms with Crippen molar-refractivity contribution in [2.75, 3.05) is 0 Å². The van der Waals surface area contributed by atoms with Crippen molar-refractivity contribution in [1.29, 1.82) is 0 Å². The number of halogens is 2. The van der Waals surface area contributed by atoms with Crippen LogP contribution in [-0.4, -0.2) is 14.8 Å². The fraction of sp³-hybridized carbons (Fsp3) is 0.273. The number of aromatic nitrogens is 3. The molecule has 1 heterocycles. The van der Waals surface area contributed by atoms with Gasteiger partial charge >= 0.3 is 0 Å². The molecule has 0 aliphatic carbocycles. The number of hydrogen-bond acceptors (Lipinski definition) is 2. The van der Waals surface area contributed by atoms with E-state index < -0.39 is 0 Å². The maximum atomic E-state index is 13.1. The zero-order valence-corrected chi connectivity index (χ0v) is 10.6. The minimum atomic E-state index is -0.202. The Morgan fingerprint density at radius 2 is 2.12 bits per heavy atom. The molecule has 0 atom stereocenters. The molecular weight excluding hydrogens is 273 g/mol. The summed E-state index contributed by atoms with van der Waals surface area (Å²) in [6, 6.07) is 4.94. The Morgan fingerprint density at radius 1 is 1.38 bits per heavy atom. The van der Waals surface area contributed by atoms with Crippen LogP contribution in [-0.2, 0) is 12.4 Å². The fourth-order valence-electron chi connectivity index (χ4n) is 1.51. The van der Waals surface area contributed by atoms with Crippen LogP contribution in [0.2, 0.25) is 0 Å². The number of nitrogens with zero attached hydrogens (tertiary/aromatic N) is 3. The van der Waals surface area contributed by atoms with Crippen LogP contribution < -0.4 is 0 Å². The van der Waals surface area contributed by atoms with Gasteiger partial charge in [0.2, 0.25) is 0 Å². The van der Waals surface area contributed by atoms with Gasteiger partial charge in [-0.05, 0) is 30.7 Å². The van der Waals surface area contributed by atoms with Crippen molar-refractivity contribution in [2.24, 2.45) is 7.05 Å². The van der Waals surface area contributed by atoms with Crippen molar-refractivity contribution in [1.82, 2.24) is 14.8 Å². The SMILES string of the molecule is Cc1cc(-c2nnc(CBr)n2C)ccc1F. The molecule has 5 heteroatoms. The highest BCUT2D eigenvalue weighted by molar-refractivity contribution is 9.08. The third kappa shape index (κ3) is 1.87.